The smallest absolute Gasteiger partial charge is 0.140 e. The van der Waals surface area contributed by atoms with Crippen molar-refractivity contribution in [3.63, 3.8) is 0 Å². The Labute approximate surface area is 76.8 Å². The molecule has 0 aromatic carbocycles. The number of rotatable bonds is 6. The van der Waals surface area contributed by atoms with Crippen LogP contribution in [0.3, 0.4) is 0 Å². The summed E-state index contributed by atoms with van der Waals surface area (Å²) >= 11 is 1.64. The highest BCUT2D eigenvalue weighted by Crippen LogP contribution is 2.17. The molecular weight excluding hydrogens is 176 g/mol. The van der Waals surface area contributed by atoms with Crippen molar-refractivity contribution in [2.24, 2.45) is 10.9 Å². The number of amidine groups is 1. The van der Waals surface area contributed by atoms with Gasteiger partial charge in [0.2, 0.25) is 0 Å². The highest BCUT2D eigenvalue weighted by molar-refractivity contribution is 7.99. The molecule has 1 unspecified atom stereocenters. The fraction of sp³-hybridized carbons (Fsp3) is 0.857. The Morgan fingerprint density at radius 1 is 1.67 bits per heavy atom. The van der Waals surface area contributed by atoms with E-state index in [4.69, 9.17) is 16.0 Å². The molecule has 0 aliphatic rings. The van der Waals surface area contributed by atoms with Gasteiger partial charge in [-0.1, -0.05) is 12.1 Å². The normalized spacial score (nSPS) is 14.7. The summed E-state index contributed by atoms with van der Waals surface area (Å²) in [6, 6.07) is 0. The van der Waals surface area contributed by atoms with Gasteiger partial charge in [0.15, 0.2) is 0 Å². The van der Waals surface area contributed by atoms with E-state index in [2.05, 4.69) is 5.16 Å². The van der Waals surface area contributed by atoms with Gasteiger partial charge in [-0.15, -0.1) is 0 Å². The van der Waals surface area contributed by atoms with E-state index in [1.807, 2.05) is 6.92 Å². The zero-order chi connectivity index (χ0) is 9.40. The van der Waals surface area contributed by atoms with E-state index in [9.17, 15) is 0 Å². The van der Waals surface area contributed by atoms with Crippen LogP contribution in [-0.2, 0) is 0 Å². The number of aliphatic hydroxyl groups excluding tert-OH is 1. The molecule has 4 nitrogen and oxygen atoms in total. The summed E-state index contributed by atoms with van der Waals surface area (Å²) in [5.74, 6) is 0.962. The summed E-state index contributed by atoms with van der Waals surface area (Å²) in [5.41, 5.74) is 5.35. The van der Waals surface area contributed by atoms with Gasteiger partial charge in [-0.05, 0) is 6.42 Å². The first kappa shape index (κ1) is 11.6. The molecule has 0 radical (unpaired) electrons. The first-order chi connectivity index (χ1) is 5.74. The minimum absolute atomic E-state index is 0.178. The highest BCUT2D eigenvalue weighted by Gasteiger charge is 2.08. The zero-order valence-corrected chi connectivity index (χ0v) is 8.05. The topological polar surface area (TPSA) is 78.8 Å². The Morgan fingerprint density at radius 3 is 2.75 bits per heavy atom. The van der Waals surface area contributed by atoms with Gasteiger partial charge < -0.3 is 16.0 Å². The molecule has 0 amide bonds. The molecule has 12 heavy (non-hydrogen) atoms. The van der Waals surface area contributed by atoms with Crippen molar-refractivity contribution in [2.75, 3.05) is 12.4 Å². The van der Waals surface area contributed by atoms with Crippen LogP contribution in [0.2, 0.25) is 0 Å². The van der Waals surface area contributed by atoms with E-state index in [1.54, 1.807) is 11.8 Å². The van der Waals surface area contributed by atoms with Gasteiger partial charge >= 0.3 is 0 Å². The molecule has 4 N–H and O–H groups in total. The molecule has 0 saturated heterocycles. The Bertz CT molecular complexity index is 141. The lowest BCUT2D eigenvalue weighted by molar-refractivity contribution is 0.316. The Kier molecular flexibility index (Phi) is 6.99. The van der Waals surface area contributed by atoms with E-state index in [0.717, 1.165) is 6.42 Å². The summed E-state index contributed by atoms with van der Waals surface area (Å²) in [6.45, 7) is 2.22. The fourth-order valence-corrected chi connectivity index (χ4v) is 1.78. The molecule has 0 fully saturated rings. The lowest BCUT2D eigenvalue weighted by atomic mass is 10.2. The Hall–Kier alpha value is -0.420. The second kappa shape index (κ2) is 7.24. The first-order valence-electron chi connectivity index (χ1n) is 3.93. The van der Waals surface area contributed by atoms with Crippen LogP contribution in [0.15, 0.2) is 5.16 Å². The maximum absolute atomic E-state index is 8.57. The van der Waals surface area contributed by atoms with Crippen LogP contribution in [0.1, 0.15) is 19.8 Å². The Morgan fingerprint density at radius 2 is 2.33 bits per heavy atom. The first-order valence-corrected chi connectivity index (χ1v) is 4.98. The monoisotopic (exact) mass is 192 g/mol. The van der Waals surface area contributed by atoms with Crippen LogP contribution < -0.4 is 5.73 Å². The molecule has 0 heterocycles. The van der Waals surface area contributed by atoms with Gasteiger partial charge in [0.1, 0.15) is 5.84 Å². The molecule has 0 aliphatic heterocycles. The summed E-state index contributed by atoms with van der Waals surface area (Å²) in [6.07, 6.45) is 1.54. The van der Waals surface area contributed by atoms with Crippen LogP contribution in [0.5, 0.6) is 0 Å². The number of aliphatic hydroxyl groups is 1. The van der Waals surface area contributed by atoms with Crippen molar-refractivity contribution >= 4 is 17.6 Å². The number of nitrogens with two attached hydrogens (primary N) is 1. The second-order valence-electron chi connectivity index (χ2n) is 2.42. The minimum Gasteiger partial charge on any atom is -0.409 e. The maximum Gasteiger partial charge on any atom is 0.140 e. The summed E-state index contributed by atoms with van der Waals surface area (Å²) in [5, 5.41) is 20.1. The summed E-state index contributed by atoms with van der Waals surface area (Å²) in [4.78, 5) is 0. The maximum atomic E-state index is 8.57. The number of oxime groups is 1. The third-order valence-corrected chi connectivity index (χ3v) is 2.86. The predicted octanol–water partition coefficient (Wildman–Crippen LogP) is 0.627. The second-order valence-corrected chi connectivity index (χ2v) is 3.83. The number of hydrogen-bond acceptors (Lipinski definition) is 4. The van der Waals surface area contributed by atoms with E-state index < -0.39 is 0 Å². The SMILES string of the molecule is CCC(C/C(N)=N/O)SCCO. The zero-order valence-electron chi connectivity index (χ0n) is 7.23. The number of nitrogens with zero attached hydrogens (tertiary/aromatic N) is 1. The largest absolute Gasteiger partial charge is 0.409 e. The van der Waals surface area contributed by atoms with Crippen LogP contribution in [0, 0.1) is 0 Å². The lowest BCUT2D eigenvalue weighted by Crippen LogP contribution is -2.18. The van der Waals surface area contributed by atoms with Crippen molar-refractivity contribution in [2.45, 2.75) is 25.0 Å². The van der Waals surface area contributed by atoms with Gasteiger partial charge in [0.05, 0.1) is 6.61 Å². The molecule has 0 rings (SSSR count). The van der Waals surface area contributed by atoms with Crippen molar-refractivity contribution < 1.29 is 10.3 Å². The van der Waals surface area contributed by atoms with Crippen molar-refractivity contribution in [1.29, 1.82) is 0 Å². The number of thioether (sulfide) groups is 1. The summed E-state index contributed by atoms with van der Waals surface area (Å²) < 4.78 is 0. The van der Waals surface area contributed by atoms with Gasteiger partial charge in [-0.2, -0.15) is 11.8 Å². The number of hydrogen-bond donors (Lipinski definition) is 3. The third-order valence-electron chi connectivity index (χ3n) is 1.47. The van der Waals surface area contributed by atoms with Crippen LogP contribution in [0.4, 0.5) is 0 Å². The lowest BCUT2D eigenvalue weighted by Gasteiger charge is -2.11. The molecule has 0 bridgehead atoms. The molecule has 72 valence electrons. The molecule has 1 atom stereocenters. The Balaban J connectivity index is 3.67. The molecule has 0 aliphatic carbocycles. The van der Waals surface area contributed by atoms with E-state index in [1.165, 1.54) is 0 Å². The average Bonchev–Trinajstić information content (AvgIpc) is 2.11. The van der Waals surface area contributed by atoms with Crippen molar-refractivity contribution in [1.82, 2.24) is 0 Å². The van der Waals surface area contributed by atoms with E-state index in [0.29, 0.717) is 17.4 Å². The van der Waals surface area contributed by atoms with Crippen LogP contribution in [-0.4, -0.2) is 33.8 Å². The predicted molar refractivity (Wildman–Crippen MR) is 51.6 cm³/mol. The highest BCUT2D eigenvalue weighted by atomic mass is 32.2. The van der Waals surface area contributed by atoms with Crippen LogP contribution >= 0.6 is 11.8 Å². The summed E-state index contributed by atoms with van der Waals surface area (Å²) in [7, 11) is 0. The molecule has 0 spiro atoms. The van der Waals surface area contributed by atoms with Crippen molar-refractivity contribution in [3.05, 3.63) is 0 Å². The molecule has 0 saturated carbocycles. The van der Waals surface area contributed by atoms with Crippen LogP contribution in [0.25, 0.3) is 0 Å². The molecule has 5 heteroatoms. The minimum atomic E-state index is 0.178. The van der Waals surface area contributed by atoms with Gasteiger partial charge in [-0.3, -0.25) is 0 Å². The van der Waals surface area contributed by atoms with E-state index >= 15 is 0 Å². The third kappa shape index (κ3) is 5.26. The molecular formula is C7H16N2O2S. The van der Waals surface area contributed by atoms with Gasteiger partial charge in [-0.25, -0.2) is 0 Å². The molecule has 0 aromatic heterocycles. The standard InChI is InChI=1S/C7H16N2O2S/c1-2-6(12-4-3-10)5-7(8)9-11/h6,10-11H,2-5H2,1H3,(H2,8,9). The van der Waals surface area contributed by atoms with Gasteiger partial charge in [0.25, 0.3) is 0 Å². The van der Waals surface area contributed by atoms with E-state index in [-0.39, 0.29) is 12.4 Å². The quantitative estimate of drug-likeness (QED) is 0.249. The average molecular weight is 192 g/mol. The van der Waals surface area contributed by atoms with Crippen molar-refractivity contribution in [3.8, 4) is 0 Å². The van der Waals surface area contributed by atoms with Gasteiger partial charge in [0, 0.05) is 17.4 Å². The fourth-order valence-electron chi connectivity index (χ4n) is 0.815. The molecule has 0 aromatic rings.